The lowest BCUT2D eigenvalue weighted by molar-refractivity contribution is 0.0699. The van der Waals surface area contributed by atoms with Crippen molar-refractivity contribution < 1.29 is 9.90 Å². The van der Waals surface area contributed by atoms with Crippen molar-refractivity contribution in [2.45, 2.75) is 32.2 Å². The number of nitrogens with zero attached hydrogens (tertiary/aromatic N) is 2. The van der Waals surface area contributed by atoms with Crippen LogP contribution < -0.4 is 4.90 Å². The molecule has 0 bridgehead atoms. The summed E-state index contributed by atoms with van der Waals surface area (Å²) in [5.41, 5.74) is 1.07. The van der Waals surface area contributed by atoms with E-state index in [9.17, 15) is 9.90 Å². The zero-order valence-corrected chi connectivity index (χ0v) is 11.5. The smallest absolute Gasteiger partial charge is 0.336 e. The summed E-state index contributed by atoms with van der Waals surface area (Å²) in [4.78, 5) is 18.2. The van der Waals surface area contributed by atoms with Crippen LogP contribution in [0.5, 0.6) is 0 Å². The Hall–Kier alpha value is -2.10. The van der Waals surface area contributed by atoms with Crippen LogP contribution in [0.4, 0.5) is 5.82 Å². The maximum Gasteiger partial charge on any atom is 0.336 e. The van der Waals surface area contributed by atoms with E-state index in [1.165, 1.54) is 12.8 Å². The van der Waals surface area contributed by atoms with Crippen molar-refractivity contribution in [1.29, 1.82) is 0 Å². The lowest BCUT2D eigenvalue weighted by atomic mass is 10.1. The maximum absolute atomic E-state index is 11.2. The molecule has 1 fully saturated rings. The number of fused-ring (bicyclic) bond motifs is 1. The molecule has 1 heterocycles. The molecule has 1 aliphatic carbocycles. The van der Waals surface area contributed by atoms with Gasteiger partial charge in [0.05, 0.1) is 11.1 Å². The lowest BCUT2D eigenvalue weighted by Crippen LogP contribution is -2.27. The van der Waals surface area contributed by atoms with Crippen LogP contribution in [-0.4, -0.2) is 28.6 Å². The molecule has 1 aromatic carbocycles. The van der Waals surface area contributed by atoms with E-state index < -0.39 is 5.97 Å². The fourth-order valence-corrected chi connectivity index (χ4v) is 2.60. The van der Waals surface area contributed by atoms with Gasteiger partial charge in [-0.3, -0.25) is 0 Å². The molecule has 0 spiro atoms. The largest absolute Gasteiger partial charge is 0.478 e. The van der Waals surface area contributed by atoms with E-state index in [2.05, 4.69) is 16.8 Å². The molecule has 0 atom stereocenters. The van der Waals surface area contributed by atoms with E-state index in [4.69, 9.17) is 0 Å². The third-order valence-electron chi connectivity index (χ3n) is 3.69. The molecule has 0 amide bonds. The number of hydrogen-bond donors (Lipinski definition) is 1. The first-order valence-electron chi connectivity index (χ1n) is 7.10. The van der Waals surface area contributed by atoms with Crippen LogP contribution in [0.25, 0.3) is 10.9 Å². The first kappa shape index (κ1) is 12.9. The van der Waals surface area contributed by atoms with Gasteiger partial charge < -0.3 is 10.0 Å². The Labute approximate surface area is 118 Å². The number of benzene rings is 1. The highest BCUT2D eigenvalue weighted by Crippen LogP contribution is 2.32. The molecule has 0 radical (unpaired) electrons. The molecule has 2 aromatic rings. The van der Waals surface area contributed by atoms with E-state index in [0.29, 0.717) is 17.0 Å². The predicted octanol–water partition coefficient (Wildman–Crippen LogP) is 3.31. The van der Waals surface area contributed by atoms with Gasteiger partial charge in [-0.1, -0.05) is 13.0 Å². The molecule has 104 valence electrons. The highest BCUT2D eigenvalue weighted by atomic mass is 16.4. The highest BCUT2D eigenvalue weighted by molar-refractivity contribution is 6.02. The normalized spacial score (nSPS) is 14.4. The Morgan fingerprint density at radius 2 is 2.15 bits per heavy atom. The summed E-state index contributed by atoms with van der Waals surface area (Å²) >= 11 is 0. The molecule has 0 aliphatic heterocycles. The number of aromatic nitrogens is 1. The fourth-order valence-electron chi connectivity index (χ4n) is 2.60. The third-order valence-corrected chi connectivity index (χ3v) is 3.69. The Bertz CT molecular complexity index is 650. The van der Waals surface area contributed by atoms with Crippen LogP contribution in [-0.2, 0) is 0 Å². The van der Waals surface area contributed by atoms with Gasteiger partial charge in [-0.15, -0.1) is 0 Å². The van der Waals surface area contributed by atoms with Gasteiger partial charge in [0, 0.05) is 18.0 Å². The Balaban J connectivity index is 2.04. The summed E-state index contributed by atoms with van der Waals surface area (Å²) in [6.45, 7) is 3.17. The summed E-state index contributed by atoms with van der Waals surface area (Å²) in [5.74, 6) is 0.0575. The number of carboxylic acids is 1. The molecule has 1 aromatic heterocycles. The number of carbonyl (C=O) groups is 1. The van der Waals surface area contributed by atoms with Crippen molar-refractivity contribution >= 4 is 22.7 Å². The highest BCUT2D eigenvalue weighted by Gasteiger charge is 2.29. The molecule has 20 heavy (non-hydrogen) atoms. The zero-order valence-electron chi connectivity index (χ0n) is 11.5. The molecule has 3 rings (SSSR count). The number of aromatic carboxylic acids is 1. The minimum absolute atomic E-state index is 0.315. The van der Waals surface area contributed by atoms with Gasteiger partial charge in [0.15, 0.2) is 0 Å². The summed E-state index contributed by atoms with van der Waals surface area (Å²) < 4.78 is 0. The van der Waals surface area contributed by atoms with Crippen molar-refractivity contribution in [3.63, 3.8) is 0 Å². The number of rotatable bonds is 5. The van der Waals surface area contributed by atoms with E-state index in [-0.39, 0.29) is 0 Å². The minimum atomic E-state index is -0.905. The molecule has 1 N–H and O–H groups in total. The zero-order chi connectivity index (χ0) is 14.1. The summed E-state index contributed by atoms with van der Waals surface area (Å²) in [6.07, 6.45) is 3.55. The van der Waals surface area contributed by atoms with Gasteiger partial charge in [0.1, 0.15) is 5.82 Å². The van der Waals surface area contributed by atoms with Crippen molar-refractivity contribution in [1.82, 2.24) is 4.98 Å². The molecule has 1 saturated carbocycles. The fraction of sp³-hybridized carbons (Fsp3) is 0.375. The predicted molar refractivity (Wildman–Crippen MR) is 79.4 cm³/mol. The second-order valence-corrected chi connectivity index (χ2v) is 5.27. The van der Waals surface area contributed by atoms with E-state index >= 15 is 0 Å². The molecule has 0 saturated heterocycles. The van der Waals surface area contributed by atoms with Gasteiger partial charge in [0.25, 0.3) is 0 Å². The maximum atomic E-state index is 11.2. The van der Waals surface area contributed by atoms with Gasteiger partial charge in [-0.2, -0.15) is 0 Å². The van der Waals surface area contributed by atoms with Crippen molar-refractivity contribution in [3.8, 4) is 0 Å². The SMILES string of the molecule is CCCN(c1ccc2c(C(=O)O)cccc2n1)C1CC1. The van der Waals surface area contributed by atoms with Gasteiger partial charge in [-0.05, 0) is 43.5 Å². The molecule has 1 aliphatic rings. The van der Waals surface area contributed by atoms with Crippen molar-refractivity contribution in [2.24, 2.45) is 0 Å². The van der Waals surface area contributed by atoms with E-state index in [0.717, 1.165) is 24.3 Å². The van der Waals surface area contributed by atoms with E-state index in [1.807, 2.05) is 18.2 Å². The second-order valence-electron chi connectivity index (χ2n) is 5.27. The van der Waals surface area contributed by atoms with Crippen LogP contribution in [0.2, 0.25) is 0 Å². The lowest BCUT2D eigenvalue weighted by Gasteiger charge is -2.23. The first-order chi connectivity index (χ1) is 9.70. The average molecular weight is 270 g/mol. The van der Waals surface area contributed by atoms with Gasteiger partial charge in [0.2, 0.25) is 0 Å². The number of anilines is 1. The van der Waals surface area contributed by atoms with Gasteiger partial charge >= 0.3 is 5.97 Å². The number of carboxylic acid groups (broad SMARTS) is 1. The van der Waals surface area contributed by atoms with E-state index in [1.54, 1.807) is 12.1 Å². The average Bonchev–Trinajstić information content (AvgIpc) is 3.28. The molecular weight excluding hydrogens is 252 g/mol. The van der Waals surface area contributed by atoms with Crippen LogP contribution in [0.15, 0.2) is 30.3 Å². The summed E-state index contributed by atoms with van der Waals surface area (Å²) in [5, 5.41) is 9.91. The first-order valence-corrected chi connectivity index (χ1v) is 7.10. The standard InChI is InChI=1S/C16H18N2O2/c1-2-10-18(11-6-7-11)15-9-8-12-13(16(19)20)4-3-5-14(12)17-15/h3-5,8-9,11H,2,6-7,10H2,1H3,(H,19,20). The van der Waals surface area contributed by atoms with Crippen molar-refractivity contribution in [3.05, 3.63) is 35.9 Å². The van der Waals surface area contributed by atoms with Crippen LogP contribution >= 0.6 is 0 Å². The Morgan fingerprint density at radius 1 is 1.35 bits per heavy atom. The monoisotopic (exact) mass is 270 g/mol. The van der Waals surface area contributed by atoms with Crippen molar-refractivity contribution in [2.75, 3.05) is 11.4 Å². The topological polar surface area (TPSA) is 53.4 Å². The number of pyridine rings is 1. The molecule has 4 heteroatoms. The summed E-state index contributed by atoms with van der Waals surface area (Å²) in [7, 11) is 0. The Morgan fingerprint density at radius 3 is 2.80 bits per heavy atom. The quantitative estimate of drug-likeness (QED) is 0.905. The third kappa shape index (κ3) is 2.33. The van der Waals surface area contributed by atoms with Crippen LogP contribution in [0, 0.1) is 0 Å². The number of hydrogen-bond acceptors (Lipinski definition) is 3. The van der Waals surface area contributed by atoms with Gasteiger partial charge in [-0.25, -0.2) is 9.78 Å². The summed E-state index contributed by atoms with van der Waals surface area (Å²) in [6, 6.07) is 9.69. The Kier molecular flexibility index (Phi) is 3.30. The second kappa shape index (κ2) is 5.12. The van der Waals surface area contributed by atoms with Crippen LogP contribution in [0.1, 0.15) is 36.5 Å². The minimum Gasteiger partial charge on any atom is -0.478 e. The molecule has 0 unspecified atom stereocenters. The molecule has 4 nitrogen and oxygen atoms in total. The van der Waals surface area contributed by atoms with Crippen LogP contribution in [0.3, 0.4) is 0 Å². The molecular formula is C16H18N2O2.